The minimum Gasteiger partial charge on any atom is -0.444 e. The van der Waals surface area contributed by atoms with Crippen molar-refractivity contribution in [3.05, 3.63) is 11.6 Å². The zero-order chi connectivity index (χ0) is 19.5. The van der Waals surface area contributed by atoms with Gasteiger partial charge in [0.05, 0.1) is 6.04 Å². The van der Waals surface area contributed by atoms with Crippen molar-refractivity contribution in [2.45, 2.75) is 59.6 Å². The maximum absolute atomic E-state index is 11.8. The summed E-state index contributed by atoms with van der Waals surface area (Å²) in [6.07, 6.45) is 2.50. The Morgan fingerprint density at radius 3 is 2.00 bits per heavy atom. The van der Waals surface area contributed by atoms with Crippen LogP contribution in [0.2, 0.25) is 0 Å². The molecule has 10 heteroatoms. The molecular formula is C14H35NO3P6. The van der Waals surface area contributed by atoms with E-state index >= 15 is 0 Å². The first-order valence-electron chi connectivity index (χ1n) is 7.71. The molecule has 0 aromatic carbocycles. The molecule has 0 radical (unpaired) electrons. The fraction of sp³-hybridized carbons (Fsp3) is 0.786. The number of allylic oxidation sites excluding steroid dienone is 1. The summed E-state index contributed by atoms with van der Waals surface area (Å²) in [7, 11) is 11.2. The molecule has 24 heavy (non-hydrogen) atoms. The number of ether oxygens (including phenoxy) is 1. The molecule has 0 bridgehead atoms. The highest BCUT2D eigenvalue weighted by molar-refractivity contribution is 8.92. The highest BCUT2D eigenvalue weighted by Gasteiger charge is 2.23. The van der Waals surface area contributed by atoms with Gasteiger partial charge in [0.1, 0.15) is 5.60 Å². The van der Waals surface area contributed by atoms with Gasteiger partial charge in [0, 0.05) is 12.5 Å². The van der Waals surface area contributed by atoms with E-state index in [0.29, 0.717) is 0 Å². The smallest absolute Gasteiger partial charge is 0.408 e. The first-order valence-corrected chi connectivity index (χ1v) is 17.6. The van der Waals surface area contributed by atoms with Crippen LogP contribution in [0.25, 0.3) is 0 Å². The Bertz CT molecular complexity index is 379. The first-order chi connectivity index (χ1) is 10.9. The van der Waals surface area contributed by atoms with Crippen LogP contribution in [-0.2, 0) is 4.74 Å². The lowest BCUT2D eigenvalue weighted by Gasteiger charge is -2.27. The number of amides is 1. The number of rotatable bonds is 6. The van der Waals surface area contributed by atoms with Crippen molar-refractivity contribution in [3.8, 4) is 0 Å². The average Bonchev–Trinajstić information content (AvgIpc) is 2.42. The van der Waals surface area contributed by atoms with Crippen LogP contribution < -0.4 is 5.32 Å². The molecule has 0 saturated carbocycles. The molecular weight excluding hydrogens is 416 g/mol. The van der Waals surface area contributed by atoms with E-state index in [-0.39, 0.29) is 32.5 Å². The van der Waals surface area contributed by atoms with Gasteiger partial charge in [-0.15, -0.1) is 35.7 Å². The fourth-order valence-corrected chi connectivity index (χ4v) is 1.69. The van der Waals surface area contributed by atoms with E-state index in [1.54, 1.807) is 0 Å². The monoisotopic (exact) mass is 451 g/mol. The summed E-state index contributed by atoms with van der Waals surface area (Å²) in [5.74, 6) is -0.0414. The predicted molar refractivity (Wildman–Crippen MR) is 126 cm³/mol. The van der Waals surface area contributed by atoms with E-state index in [1.165, 1.54) is 0 Å². The van der Waals surface area contributed by atoms with E-state index < -0.39 is 11.7 Å². The standard InChI is InChI=1S/C14H27NO3.H8P6/c1-7-8-10(2)12(11(3)9-16)15-13(17)18-14(4,5)6;1-5(2)6(3)4/h8,11-12,16H,7,9H2,1-6H3,(H,15,17);1-4H2/b10-8+;/t11-,12+;/m0./s1. The van der Waals surface area contributed by atoms with Gasteiger partial charge in [-0.3, -0.25) is 0 Å². The van der Waals surface area contributed by atoms with Crippen LogP contribution in [0.5, 0.6) is 0 Å². The van der Waals surface area contributed by atoms with Crippen molar-refractivity contribution in [1.82, 2.24) is 5.32 Å². The van der Waals surface area contributed by atoms with Gasteiger partial charge in [0.15, 0.2) is 0 Å². The Morgan fingerprint density at radius 1 is 1.25 bits per heavy atom. The third kappa shape index (κ3) is 15.8. The second-order valence-corrected chi connectivity index (χ2v) is 26.2. The second kappa shape index (κ2) is 14.6. The lowest BCUT2D eigenvalue weighted by atomic mass is 9.95. The van der Waals surface area contributed by atoms with Crippen molar-refractivity contribution in [2.75, 3.05) is 6.61 Å². The Kier molecular flexibility index (Phi) is 16.9. The summed E-state index contributed by atoms with van der Waals surface area (Å²) >= 11 is 0. The summed E-state index contributed by atoms with van der Waals surface area (Å²) in [6, 6.07) is -0.190. The largest absolute Gasteiger partial charge is 0.444 e. The lowest BCUT2D eigenvalue weighted by Crippen LogP contribution is -2.44. The molecule has 6 atom stereocenters. The van der Waals surface area contributed by atoms with Gasteiger partial charge in [-0.2, -0.15) is 0 Å². The third-order valence-corrected chi connectivity index (χ3v) is 24.1. The Hall–Kier alpha value is 1.55. The summed E-state index contributed by atoms with van der Waals surface area (Å²) in [6.45, 7) is 11.7. The average molecular weight is 451 g/mol. The van der Waals surface area contributed by atoms with Crippen molar-refractivity contribution in [2.24, 2.45) is 5.92 Å². The number of aliphatic hydroxyl groups excluding tert-OH is 1. The molecule has 0 aliphatic carbocycles. The van der Waals surface area contributed by atoms with Gasteiger partial charge < -0.3 is 15.2 Å². The van der Waals surface area contributed by atoms with Crippen molar-refractivity contribution in [1.29, 1.82) is 0 Å². The van der Waals surface area contributed by atoms with Gasteiger partial charge in [-0.05, 0) is 48.1 Å². The fourth-order valence-electron chi connectivity index (χ4n) is 1.69. The molecule has 2 N–H and O–H groups in total. The predicted octanol–water partition coefficient (Wildman–Crippen LogP) is 5.89. The Balaban J connectivity index is 0. The van der Waals surface area contributed by atoms with E-state index in [1.807, 2.05) is 47.6 Å². The SMILES string of the molecule is CC/C=C(\C)[C@@H](NC(=O)OC(C)(C)C)[C@@H](C)CO.PP(P)P(P)P. The minimum atomic E-state index is -0.514. The zero-order valence-electron chi connectivity index (χ0n) is 15.6. The molecule has 4 unspecified atom stereocenters. The van der Waals surface area contributed by atoms with Crippen LogP contribution >= 0.6 is 49.7 Å². The first kappa shape index (κ1) is 27.8. The molecule has 144 valence electrons. The summed E-state index contributed by atoms with van der Waals surface area (Å²) in [5, 5.41) is 12.1. The quantitative estimate of drug-likeness (QED) is 0.391. The van der Waals surface area contributed by atoms with E-state index in [2.05, 4.69) is 41.0 Å². The van der Waals surface area contributed by atoms with Crippen molar-refractivity contribution >= 4 is 55.8 Å². The molecule has 1 amide bonds. The topological polar surface area (TPSA) is 58.6 Å². The number of hydrogen-bond acceptors (Lipinski definition) is 3. The number of alkyl carbamates (subject to hydrolysis) is 1. The van der Waals surface area contributed by atoms with Gasteiger partial charge in [-0.25, -0.2) is 4.79 Å². The number of carbonyl (C=O) groups is 1. The third-order valence-electron chi connectivity index (χ3n) is 2.81. The van der Waals surface area contributed by atoms with Crippen molar-refractivity contribution < 1.29 is 14.6 Å². The number of aliphatic hydroxyl groups is 1. The molecule has 0 aliphatic rings. The zero-order valence-corrected chi connectivity index (χ0v) is 22.0. The summed E-state index contributed by atoms with van der Waals surface area (Å²) in [5.41, 5.74) is 0.532. The van der Waals surface area contributed by atoms with Crippen LogP contribution in [-0.4, -0.2) is 29.4 Å². The molecule has 0 aromatic rings. The molecule has 0 aromatic heterocycles. The van der Waals surface area contributed by atoms with Crippen LogP contribution in [0.3, 0.4) is 0 Å². The van der Waals surface area contributed by atoms with Crippen molar-refractivity contribution in [3.63, 3.8) is 0 Å². The molecule has 4 nitrogen and oxygen atoms in total. The van der Waals surface area contributed by atoms with Gasteiger partial charge in [-0.1, -0.05) is 25.5 Å². The molecule has 0 saturated heterocycles. The number of nitrogens with one attached hydrogen (secondary N) is 1. The highest BCUT2D eigenvalue weighted by atomic mass is 33.0. The van der Waals surface area contributed by atoms with Crippen LogP contribution in [0, 0.1) is 5.92 Å². The summed E-state index contributed by atoms with van der Waals surface area (Å²) in [4.78, 5) is 11.8. The Labute approximate surface area is 159 Å². The molecule has 0 heterocycles. The van der Waals surface area contributed by atoms with Gasteiger partial charge >= 0.3 is 6.09 Å². The lowest BCUT2D eigenvalue weighted by molar-refractivity contribution is 0.0489. The molecule has 0 aliphatic heterocycles. The maximum atomic E-state index is 11.8. The molecule has 0 fully saturated rings. The van der Waals surface area contributed by atoms with E-state index in [0.717, 1.165) is 12.0 Å². The highest BCUT2D eigenvalue weighted by Crippen LogP contribution is 2.86. The maximum Gasteiger partial charge on any atom is 0.408 e. The number of hydrogen-bond donors (Lipinski definition) is 2. The van der Waals surface area contributed by atoms with Crippen LogP contribution in [0.4, 0.5) is 4.79 Å². The van der Waals surface area contributed by atoms with E-state index in [4.69, 9.17) is 4.74 Å². The summed E-state index contributed by atoms with van der Waals surface area (Å²) < 4.78 is 5.23. The van der Waals surface area contributed by atoms with Gasteiger partial charge in [0.2, 0.25) is 0 Å². The van der Waals surface area contributed by atoms with Gasteiger partial charge in [0.25, 0.3) is 0 Å². The molecule has 0 rings (SSSR count). The second-order valence-electron chi connectivity index (χ2n) is 6.40. The Morgan fingerprint density at radius 2 is 1.71 bits per heavy atom. The van der Waals surface area contributed by atoms with Crippen LogP contribution in [0.1, 0.15) is 48.0 Å². The minimum absolute atomic E-state index is 0.0232. The normalized spacial score (nSPS) is 14.8. The van der Waals surface area contributed by atoms with E-state index in [9.17, 15) is 9.90 Å². The number of carbonyl (C=O) groups excluding carboxylic acids is 1. The molecule has 0 spiro atoms. The van der Waals surface area contributed by atoms with Crippen LogP contribution in [0.15, 0.2) is 11.6 Å².